The SMILES string of the molecule is CCC(Oc1cccc(CNCCCO)c1)C(=O)[O-]. The van der Waals surface area contributed by atoms with E-state index in [0.717, 1.165) is 12.1 Å². The van der Waals surface area contributed by atoms with Crippen molar-refractivity contribution in [3.63, 3.8) is 0 Å². The number of aliphatic carboxylic acids is 1. The van der Waals surface area contributed by atoms with Crippen molar-refractivity contribution in [3.05, 3.63) is 29.8 Å². The van der Waals surface area contributed by atoms with E-state index < -0.39 is 12.1 Å². The van der Waals surface area contributed by atoms with Gasteiger partial charge in [-0.15, -0.1) is 0 Å². The molecule has 1 rings (SSSR count). The standard InChI is InChI=1S/C14H21NO4/c1-2-13(14(17)18)19-12-6-3-5-11(9-12)10-15-7-4-8-16/h3,5-6,9,13,15-16H,2,4,7-8,10H2,1H3,(H,17,18)/p-1. The van der Waals surface area contributed by atoms with Crippen LogP contribution in [0.15, 0.2) is 24.3 Å². The third kappa shape index (κ3) is 5.72. The molecule has 0 saturated carbocycles. The smallest absolute Gasteiger partial charge is 0.138 e. The predicted molar refractivity (Wildman–Crippen MR) is 69.6 cm³/mol. The average Bonchev–Trinajstić information content (AvgIpc) is 2.41. The molecule has 106 valence electrons. The maximum Gasteiger partial charge on any atom is 0.138 e. The van der Waals surface area contributed by atoms with Crippen molar-refractivity contribution in [2.45, 2.75) is 32.4 Å². The summed E-state index contributed by atoms with van der Waals surface area (Å²) < 4.78 is 5.36. The van der Waals surface area contributed by atoms with Crippen LogP contribution in [0.2, 0.25) is 0 Å². The highest BCUT2D eigenvalue weighted by Crippen LogP contribution is 2.15. The first-order valence-electron chi connectivity index (χ1n) is 6.45. The summed E-state index contributed by atoms with van der Waals surface area (Å²) in [5, 5.41) is 22.6. The zero-order chi connectivity index (χ0) is 14.1. The Morgan fingerprint density at radius 1 is 1.53 bits per heavy atom. The average molecular weight is 266 g/mol. The number of carbonyl (C=O) groups is 1. The van der Waals surface area contributed by atoms with Crippen molar-refractivity contribution in [1.82, 2.24) is 5.32 Å². The minimum atomic E-state index is -1.20. The maximum atomic E-state index is 10.8. The number of aliphatic hydroxyl groups is 1. The van der Waals surface area contributed by atoms with Crippen LogP contribution in [0.5, 0.6) is 5.75 Å². The molecule has 2 N–H and O–H groups in total. The van der Waals surface area contributed by atoms with E-state index in [9.17, 15) is 9.90 Å². The fourth-order valence-corrected chi connectivity index (χ4v) is 1.63. The second kappa shape index (κ2) is 8.50. The molecular formula is C14H20NO4-. The Kier molecular flexibility index (Phi) is 6.92. The minimum absolute atomic E-state index is 0.167. The van der Waals surface area contributed by atoms with Crippen LogP contribution in [0.3, 0.4) is 0 Å². The normalized spacial score (nSPS) is 12.1. The molecule has 5 heteroatoms. The van der Waals surface area contributed by atoms with Crippen molar-refractivity contribution >= 4 is 5.97 Å². The third-order valence-electron chi connectivity index (χ3n) is 2.65. The summed E-state index contributed by atoms with van der Waals surface area (Å²) in [6, 6.07) is 7.28. The van der Waals surface area contributed by atoms with Crippen LogP contribution in [0.1, 0.15) is 25.3 Å². The van der Waals surface area contributed by atoms with Gasteiger partial charge in [-0.05, 0) is 37.1 Å². The fraction of sp³-hybridized carbons (Fsp3) is 0.500. The maximum absolute atomic E-state index is 10.8. The van der Waals surface area contributed by atoms with Gasteiger partial charge in [0.2, 0.25) is 0 Å². The topological polar surface area (TPSA) is 81.6 Å². The first-order chi connectivity index (χ1) is 9.17. The number of aliphatic hydroxyl groups excluding tert-OH is 1. The molecule has 1 atom stereocenters. The van der Waals surface area contributed by atoms with Crippen LogP contribution in [-0.4, -0.2) is 30.3 Å². The third-order valence-corrected chi connectivity index (χ3v) is 2.65. The van der Waals surface area contributed by atoms with Gasteiger partial charge in [0.15, 0.2) is 0 Å². The molecular weight excluding hydrogens is 246 g/mol. The number of carboxylic acid groups (broad SMARTS) is 1. The van der Waals surface area contributed by atoms with E-state index in [2.05, 4.69) is 5.32 Å². The first kappa shape index (κ1) is 15.5. The van der Waals surface area contributed by atoms with Crippen LogP contribution < -0.4 is 15.2 Å². The van der Waals surface area contributed by atoms with Crippen molar-refractivity contribution in [2.75, 3.05) is 13.2 Å². The van der Waals surface area contributed by atoms with Gasteiger partial charge in [-0.2, -0.15) is 0 Å². The number of carbonyl (C=O) groups excluding carboxylic acids is 1. The molecule has 0 spiro atoms. The van der Waals surface area contributed by atoms with Crippen molar-refractivity contribution in [1.29, 1.82) is 0 Å². The summed E-state index contributed by atoms with van der Waals surface area (Å²) in [7, 11) is 0. The second-order valence-electron chi connectivity index (χ2n) is 4.24. The molecule has 0 bridgehead atoms. The molecule has 0 heterocycles. The summed E-state index contributed by atoms with van der Waals surface area (Å²) in [4.78, 5) is 10.8. The summed E-state index contributed by atoms with van der Waals surface area (Å²) in [6.45, 7) is 3.29. The van der Waals surface area contributed by atoms with Gasteiger partial charge < -0.3 is 25.1 Å². The van der Waals surface area contributed by atoms with E-state index in [1.54, 1.807) is 19.1 Å². The molecule has 1 aromatic carbocycles. The summed E-state index contributed by atoms with van der Waals surface area (Å²) in [5.41, 5.74) is 1.00. The fourth-order valence-electron chi connectivity index (χ4n) is 1.63. The van der Waals surface area contributed by atoms with Gasteiger partial charge in [0.1, 0.15) is 11.9 Å². The van der Waals surface area contributed by atoms with Gasteiger partial charge in [-0.3, -0.25) is 0 Å². The summed E-state index contributed by atoms with van der Waals surface area (Å²) >= 11 is 0. The summed E-state index contributed by atoms with van der Waals surface area (Å²) in [5.74, 6) is -0.675. The molecule has 1 aromatic rings. The molecule has 0 aliphatic heterocycles. The van der Waals surface area contributed by atoms with E-state index in [1.165, 1.54) is 0 Å². The van der Waals surface area contributed by atoms with Gasteiger partial charge in [-0.1, -0.05) is 19.1 Å². The quantitative estimate of drug-likeness (QED) is 0.618. The highest BCUT2D eigenvalue weighted by Gasteiger charge is 2.09. The van der Waals surface area contributed by atoms with Gasteiger partial charge in [0, 0.05) is 13.2 Å². The minimum Gasteiger partial charge on any atom is -0.546 e. The second-order valence-corrected chi connectivity index (χ2v) is 4.24. The molecule has 0 amide bonds. The van der Waals surface area contributed by atoms with Crippen molar-refractivity contribution in [2.24, 2.45) is 0 Å². The van der Waals surface area contributed by atoms with Crippen molar-refractivity contribution < 1.29 is 19.7 Å². The monoisotopic (exact) mass is 266 g/mol. The molecule has 19 heavy (non-hydrogen) atoms. The van der Waals surface area contributed by atoms with Crippen LogP contribution in [0.25, 0.3) is 0 Å². The molecule has 0 aliphatic carbocycles. The Hall–Kier alpha value is -1.59. The molecule has 0 fully saturated rings. The largest absolute Gasteiger partial charge is 0.546 e. The van der Waals surface area contributed by atoms with E-state index >= 15 is 0 Å². The molecule has 0 aromatic heterocycles. The molecule has 1 unspecified atom stereocenters. The number of benzene rings is 1. The van der Waals surface area contributed by atoms with Crippen LogP contribution in [0, 0.1) is 0 Å². The van der Waals surface area contributed by atoms with Gasteiger partial charge >= 0.3 is 0 Å². The summed E-state index contributed by atoms with van der Waals surface area (Å²) in [6.07, 6.45) is 0.151. The van der Waals surface area contributed by atoms with E-state index in [1.807, 2.05) is 12.1 Å². The Morgan fingerprint density at radius 3 is 2.95 bits per heavy atom. The highest BCUT2D eigenvalue weighted by molar-refractivity contribution is 5.70. The molecule has 0 aliphatic rings. The van der Waals surface area contributed by atoms with E-state index in [0.29, 0.717) is 25.1 Å². The van der Waals surface area contributed by atoms with Crippen LogP contribution >= 0.6 is 0 Å². The number of rotatable bonds is 9. The zero-order valence-electron chi connectivity index (χ0n) is 11.1. The van der Waals surface area contributed by atoms with Gasteiger partial charge in [0.25, 0.3) is 0 Å². The Balaban J connectivity index is 2.53. The Morgan fingerprint density at radius 2 is 2.32 bits per heavy atom. The van der Waals surface area contributed by atoms with Crippen LogP contribution in [0.4, 0.5) is 0 Å². The number of carboxylic acids is 1. The number of hydrogen-bond donors (Lipinski definition) is 2. The lowest BCUT2D eigenvalue weighted by molar-refractivity contribution is -0.313. The predicted octanol–water partition coefficient (Wildman–Crippen LogP) is 0.0659. The lowest BCUT2D eigenvalue weighted by atomic mass is 10.2. The van der Waals surface area contributed by atoms with Crippen LogP contribution in [-0.2, 0) is 11.3 Å². The van der Waals surface area contributed by atoms with E-state index in [4.69, 9.17) is 9.84 Å². The number of ether oxygens (including phenoxy) is 1. The lowest BCUT2D eigenvalue weighted by Gasteiger charge is -2.18. The van der Waals surface area contributed by atoms with Crippen molar-refractivity contribution in [3.8, 4) is 5.75 Å². The zero-order valence-corrected chi connectivity index (χ0v) is 11.1. The van der Waals surface area contributed by atoms with E-state index in [-0.39, 0.29) is 6.61 Å². The first-order valence-corrected chi connectivity index (χ1v) is 6.45. The lowest BCUT2D eigenvalue weighted by Crippen LogP contribution is -2.39. The van der Waals surface area contributed by atoms with Gasteiger partial charge in [-0.25, -0.2) is 0 Å². The number of nitrogens with one attached hydrogen (secondary N) is 1. The van der Waals surface area contributed by atoms with Gasteiger partial charge in [0.05, 0.1) is 5.97 Å². The highest BCUT2D eigenvalue weighted by atomic mass is 16.5. The molecule has 0 radical (unpaired) electrons. The number of hydrogen-bond acceptors (Lipinski definition) is 5. The Bertz CT molecular complexity index is 395. The Labute approximate surface area is 113 Å². The molecule has 5 nitrogen and oxygen atoms in total. The molecule has 0 saturated heterocycles.